The molecule has 2 aromatic carbocycles. The van der Waals surface area contributed by atoms with E-state index >= 15 is 0 Å². The van der Waals surface area contributed by atoms with Gasteiger partial charge in [-0.1, -0.05) is 24.3 Å². The van der Waals surface area contributed by atoms with E-state index in [0.717, 1.165) is 31.8 Å². The van der Waals surface area contributed by atoms with Gasteiger partial charge < -0.3 is 10.0 Å². The Morgan fingerprint density at radius 1 is 0.906 bits per heavy atom. The van der Waals surface area contributed by atoms with Crippen molar-refractivity contribution in [3.8, 4) is 0 Å². The largest absolute Gasteiger partial charge is 0.382 e. The second-order valence-electron chi connectivity index (χ2n) is 8.21. The summed E-state index contributed by atoms with van der Waals surface area (Å²) in [6.07, 6.45) is 3.42. The van der Waals surface area contributed by atoms with Crippen LogP contribution in [0, 0.1) is 17.5 Å². The quantitative estimate of drug-likeness (QED) is 0.577. The Balaban J connectivity index is 1.40. The van der Waals surface area contributed by atoms with Crippen LogP contribution in [-0.2, 0) is 18.6 Å². The van der Waals surface area contributed by atoms with E-state index in [1.54, 1.807) is 12.1 Å². The Hall–Kier alpha value is -2.75. The first-order chi connectivity index (χ1) is 15.4. The van der Waals surface area contributed by atoms with E-state index in [4.69, 9.17) is 0 Å². The van der Waals surface area contributed by atoms with Crippen LogP contribution in [0.3, 0.4) is 0 Å². The van der Waals surface area contributed by atoms with Crippen LogP contribution in [0.25, 0.3) is 0 Å². The van der Waals surface area contributed by atoms with Crippen LogP contribution in [0.5, 0.6) is 0 Å². The Bertz CT molecular complexity index is 1020. The molecule has 1 atom stereocenters. The maximum atomic E-state index is 14.6. The van der Waals surface area contributed by atoms with Crippen LogP contribution in [-0.4, -0.2) is 68.9 Å². The molecule has 1 saturated heterocycles. The zero-order chi connectivity index (χ0) is 22.6. The first-order valence-electron chi connectivity index (χ1n) is 10.6. The number of β-amino-alcohol motifs (C(OH)–C–C–N with tert-alkyl or cyclic N) is 1. The van der Waals surface area contributed by atoms with Crippen molar-refractivity contribution in [3.63, 3.8) is 0 Å². The molecule has 6 nitrogen and oxygen atoms in total. The van der Waals surface area contributed by atoms with Crippen LogP contribution in [0.1, 0.15) is 11.1 Å². The molecule has 32 heavy (non-hydrogen) atoms. The highest BCUT2D eigenvalue weighted by Crippen LogP contribution is 2.28. The standard InChI is InChI=1S/C23H26F3N5O/c24-19-5-6-20(22(26)13-19)23(32,15-31-17-27-16-28-31)14-30-11-9-29(10-12-30)8-7-18-3-1-2-4-21(18)25/h1-6,13,16-17,32H,7-12,14-15H2. The topological polar surface area (TPSA) is 57.4 Å². The van der Waals surface area contributed by atoms with Crippen molar-refractivity contribution in [2.24, 2.45) is 0 Å². The van der Waals surface area contributed by atoms with Gasteiger partial charge in [-0.05, 0) is 24.1 Å². The molecular weight excluding hydrogens is 419 g/mol. The van der Waals surface area contributed by atoms with E-state index in [1.165, 1.54) is 29.5 Å². The molecule has 1 aliphatic rings. The lowest BCUT2D eigenvalue weighted by atomic mass is 9.92. The van der Waals surface area contributed by atoms with Crippen molar-refractivity contribution in [3.05, 3.63) is 83.7 Å². The van der Waals surface area contributed by atoms with Gasteiger partial charge >= 0.3 is 0 Å². The van der Waals surface area contributed by atoms with Crippen LogP contribution in [0.2, 0.25) is 0 Å². The summed E-state index contributed by atoms with van der Waals surface area (Å²) in [6, 6.07) is 9.99. The Morgan fingerprint density at radius 2 is 1.66 bits per heavy atom. The van der Waals surface area contributed by atoms with Gasteiger partial charge in [0.2, 0.25) is 0 Å². The Morgan fingerprint density at radius 3 is 2.34 bits per heavy atom. The third-order valence-corrected chi connectivity index (χ3v) is 5.93. The van der Waals surface area contributed by atoms with Gasteiger partial charge in [-0.2, -0.15) is 5.10 Å². The molecule has 170 valence electrons. The highest BCUT2D eigenvalue weighted by atomic mass is 19.1. The molecular formula is C23H26F3N5O. The summed E-state index contributed by atoms with van der Waals surface area (Å²) in [6.45, 7) is 3.73. The van der Waals surface area contributed by atoms with E-state index in [1.807, 2.05) is 6.07 Å². The number of nitrogens with zero attached hydrogens (tertiary/aromatic N) is 5. The minimum absolute atomic E-state index is 0.0109. The van der Waals surface area contributed by atoms with Gasteiger partial charge in [0.1, 0.15) is 35.7 Å². The maximum absolute atomic E-state index is 14.6. The minimum Gasteiger partial charge on any atom is -0.382 e. The van der Waals surface area contributed by atoms with Gasteiger partial charge in [-0.25, -0.2) is 22.8 Å². The molecule has 0 aliphatic carbocycles. The number of halogens is 3. The van der Waals surface area contributed by atoms with Crippen LogP contribution >= 0.6 is 0 Å². The number of benzene rings is 2. The van der Waals surface area contributed by atoms with Gasteiger partial charge in [-0.15, -0.1) is 0 Å². The molecule has 0 saturated carbocycles. The second kappa shape index (κ2) is 9.81. The van der Waals surface area contributed by atoms with Crippen molar-refractivity contribution < 1.29 is 18.3 Å². The van der Waals surface area contributed by atoms with E-state index in [0.29, 0.717) is 25.1 Å². The lowest BCUT2D eigenvalue weighted by Crippen LogP contribution is -2.52. The fraction of sp³-hybridized carbons (Fsp3) is 0.391. The fourth-order valence-electron chi connectivity index (χ4n) is 4.19. The Kier molecular flexibility index (Phi) is 6.88. The highest BCUT2D eigenvalue weighted by molar-refractivity contribution is 5.26. The zero-order valence-electron chi connectivity index (χ0n) is 17.7. The second-order valence-corrected chi connectivity index (χ2v) is 8.21. The predicted octanol–water partition coefficient (Wildman–Crippen LogP) is 2.44. The fourth-order valence-corrected chi connectivity index (χ4v) is 4.19. The summed E-state index contributed by atoms with van der Waals surface area (Å²) in [5.74, 6) is -1.68. The van der Waals surface area contributed by atoms with E-state index < -0.39 is 17.2 Å². The van der Waals surface area contributed by atoms with Crippen LogP contribution < -0.4 is 0 Å². The average Bonchev–Trinajstić information content (AvgIpc) is 3.26. The molecule has 1 fully saturated rings. The van der Waals surface area contributed by atoms with Gasteiger partial charge in [0.15, 0.2) is 0 Å². The molecule has 0 spiro atoms. The van der Waals surface area contributed by atoms with Gasteiger partial charge in [0, 0.05) is 50.9 Å². The highest BCUT2D eigenvalue weighted by Gasteiger charge is 2.36. The van der Waals surface area contributed by atoms with E-state index in [-0.39, 0.29) is 24.5 Å². The molecule has 4 rings (SSSR count). The lowest BCUT2D eigenvalue weighted by Gasteiger charge is -2.39. The predicted molar refractivity (Wildman–Crippen MR) is 113 cm³/mol. The average molecular weight is 445 g/mol. The summed E-state index contributed by atoms with van der Waals surface area (Å²) < 4.78 is 43.3. The van der Waals surface area contributed by atoms with Gasteiger partial charge in [-0.3, -0.25) is 4.90 Å². The molecule has 3 aromatic rings. The molecule has 9 heteroatoms. The van der Waals surface area contributed by atoms with Crippen molar-refractivity contribution in [1.29, 1.82) is 0 Å². The first-order valence-corrected chi connectivity index (χ1v) is 10.6. The number of rotatable bonds is 8. The van der Waals surface area contributed by atoms with Crippen molar-refractivity contribution >= 4 is 0 Å². The van der Waals surface area contributed by atoms with Crippen molar-refractivity contribution in [2.45, 2.75) is 18.6 Å². The smallest absolute Gasteiger partial charge is 0.137 e. The first kappa shape index (κ1) is 22.4. The van der Waals surface area contributed by atoms with Crippen LogP contribution in [0.4, 0.5) is 13.2 Å². The molecule has 0 bridgehead atoms. The summed E-state index contributed by atoms with van der Waals surface area (Å²) in [5.41, 5.74) is -0.888. The molecule has 1 aliphatic heterocycles. The molecule has 1 unspecified atom stereocenters. The lowest BCUT2D eigenvalue weighted by molar-refractivity contribution is -0.0317. The third kappa shape index (κ3) is 5.35. The van der Waals surface area contributed by atoms with E-state index in [9.17, 15) is 18.3 Å². The summed E-state index contributed by atoms with van der Waals surface area (Å²) in [4.78, 5) is 8.19. The molecule has 2 heterocycles. The molecule has 1 N–H and O–H groups in total. The van der Waals surface area contributed by atoms with Crippen molar-refractivity contribution in [1.82, 2.24) is 24.6 Å². The SMILES string of the molecule is OC(CN1CCN(CCc2ccccc2F)CC1)(Cn1cncn1)c1ccc(F)cc1F. The number of piperazine rings is 1. The number of hydrogen-bond acceptors (Lipinski definition) is 5. The summed E-state index contributed by atoms with van der Waals surface area (Å²) in [7, 11) is 0. The number of hydrogen-bond donors (Lipinski definition) is 1. The third-order valence-electron chi connectivity index (χ3n) is 5.93. The normalized spacial score (nSPS) is 17.4. The minimum atomic E-state index is -1.61. The molecule has 1 aromatic heterocycles. The van der Waals surface area contributed by atoms with Crippen LogP contribution in [0.15, 0.2) is 55.1 Å². The van der Waals surface area contributed by atoms with Gasteiger partial charge in [0.25, 0.3) is 0 Å². The summed E-state index contributed by atoms with van der Waals surface area (Å²) in [5, 5.41) is 15.5. The molecule has 0 amide bonds. The van der Waals surface area contributed by atoms with Crippen molar-refractivity contribution in [2.75, 3.05) is 39.3 Å². The monoisotopic (exact) mass is 445 g/mol. The van der Waals surface area contributed by atoms with E-state index in [2.05, 4.69) is 19.9 Å². The zero-order valence-corrected chi connectivity index (χ0v) is 17.7. The maximum Gasteiger partial charge on any atom is 0.137 e. The summed E-state index contributed by atoms with van der Waals surface area (Å²) >= 11 is 0. The molecule has 0 radical (unpaired) electrons. The number of aromatic nitrogens is 3. The Labute approximate surface area is 184 Å². The van der Waals surface area contributed by atoms with Gasteiger partial charge in [0.05, 0.1) is 6.54 Å². The number of aliphatic hydroxyl groups is 1.